The van der Waals surface area contributed by atoms with E-state index >= 15 is 13.2 Å². The molecule has 46 heavy (non-hydrogen) atoms. The Labute approximate surface area is 266 Å². The summed E-state index contributed by atoms with van der Waals surface area (Å²) in [6.45, 7) is 4.38. The molecule has 13 heteroatoms. The minimum Gasteiger partial charge on any atom is -0.363 e. The number of aromatic nitrogens is 3. The number of aryl methyl sites for hydroxylation is 1. The summed E-state index contributed by atoms with van der Waals surface area (Å²) in [5.74, 6) is -4.30. The lowest BCUT2D eigenvalue weighted by molar-refractivity contribution is -0.0320. The second kappa shape index (κ2) is 12.6. The summed E-state index contributed by atoms with van der Waals surface area (Å²) < 4.78 is 72.7. The van der Waals surface area contributed by atoms with Crippen LogP contribution in [0.3, 0.4) is 0 Å². The summed E-state index contributed by atoms with van der Waals surface area (Å²) in [7, 11) is -3.33. The van der Waals surface area contributed by atoms with Crippen molar-refractivity contribution in [1.82, 2.24) is 19.4 Å². The van der Waals surface area contributed by atoms with Crippen LogP contribution in [0.15, 0.2) is 35.4 Å². The van der Waals surface area contributed by atoms with Crippen LogP contribution in [0.4, 0.5) is 19.0 Å². The van der Waals surface area contributed by atoms with Gasteiger partial charge in [-0.25, -0.2) is 31.6 Å². The third-order valence-electron chi connectivity index (χ3n) is 10.0. The molecule has 2 fully saturated rings. The van der Waals surface area contributed by atoms with Crippen LogP contribution in [0.2, 0.25) is 0 Å². The number of benzene rings is 1. The molecule has 2 saturated heterocycles. The first-order valence-electron chi connectivity index (χ1n) is 16.1. The molecule has 246 valence electrons. The van der Waals surface area contributed by atoms with Gasteiger partial charge in [0.2, 0.25) is 0 Å². The van der Waals surface area contributed by atoms with Gasteiger partial charge in [-0.2, -0.15) is 5.26 Å². The summed E-state index contributed by atoms with van der Waals surface area (Å²) in [5, 5.41) is 13.9. The van der Waals surface area contributed by atoms with Crippen molar-refractivity contribution in [2.45, 2.75) is 82.2 Å². The van der Waals surface area contributed by atoms with Crippen LogP contribution >= 0.6 is 0 Å². The molecule has 0 spiro atoms. The van der Waals surface area contributed by atoms with Gasteiger partial charge in [-0.15, -0.1) is 0 Å². The van der Waals surface area contributed by atoms with Gasteiger partial charge in [0, 0.05) is 37.2 Å². The van der Waals surface area contributed by atoms with E-state index in [0.29, 0.717) is 30.4 Å². The van der Waals surface area contributed by atoms with Crippen molar-refractivity contribution < 1.29 is 21.6 Å². The van der Waals surface area contributed by atoms with E-state index in [-0.39, 0.29) is 47.2 Å². The number of nitrogens with one attached hydrogen (secondary N) is 1. The van der Waals surface area contributed by atoms with Crippen LogP contribution in [0, 0.1) is 23.1 Å². The first kappa shape index (κ1) is 32.4. The summed E-state index contributed by atoms with van der Waals surface area (Å²) in [4.78, 5) is 25.2. The van der Waals surface area contributed by atoms with Crippen molar-refractivity contribution >= 4 is 26.7 Å². The SMILES string of the molecule is C[C@@H]1Nc2ncnc3c2cc(C2(C#N)CCS(=O)(=O)CC2)c(=O)n3CCCCCCN2CC(CCC(F)(F)c3cccc1c3F)C2. The Balaban J connectivity index is 1.44. The predicted octanol–water partition coefficient (Wildman–Crippen LogP) is 5.45. The summed E-state index contributed by atoms with van der Waals surface area (Å²) in [5.41, 5.74) is -1.78. The lowest BCUT2D eigenvalue weighted by atomic mass is 9.77. The number of pyridine rings is 1. The summed E-state index contributed by atoms with van der Waals surface area (Å²) >= 11 is 0. The van der Waals surface area contributed by atoms with E-state index in [1.165, 1.54) is 23.0 Å². The van der Waals surface area contributed by atoms with Gasteiger partial charge in [0.15, 0.2) is 0 Å². The van der Waals surface area contributed by atoms with Crippen LogP contribution in [-0.4, -0.2) is 59.0 Å². The molecule has 0 aliphatic carbocycles. The van der Waals surface area contributed by atoms with Crippen molar-refractivity contribution in [3.63, 3.8) is 0 Å². The highest BCUT2D eigenvalue weighted by atomic mass is 32.2. The molecule has 1 N–H and O–H groups in total. The van der Waals surface area contributed by atoms with Gasteiger partial charge < -0.3 is 10.2 Å². The molecule has 0 radical (unpaired) electrons. The van der Waals surface area contributed by atoms with E-state index in [9.17, 15) is 18.5 Å². The monoisotopic (exact) mass is 656 g/mol. The molecule has 4 aliphatic heterocycles. The fourth-order valence-electron chi connectivity index (χ4n) is 7.15. The van der Waals surface area contributed by atoms with Gasteiger partial charge in [-0.3, -0.25) is 9.36 Å². The van der Waals surface area contributed by atoms with Gasteiger partial charge in [0.1, 0.15) is 33.4 Å². The summed E-state index contributed by atoms with van der Waals surface area (Å²) in [6, 6.07) is 7.07. The normalized spacial score (nSPS) is 26.2. The molecule has 3 aromatic rings. The molecule has 2 aromatic heterocycles. The minimum atomic E-state index is -3.33. The number of rotatable bonds is 1. The highest BCUT2D eigenvalue weighted by Crippen LogP contribution is 2.40. The Kier molecular flexibility index (Phi) is 8.89. The number of fused-ring (bicyclic) bond motifs is 8. The molecule has 0 amide bonds. The Morgan fingerprint density at radius 2 is 1.74 bits per heavy atom. The molecule has 1 atom stereocenters. The quantitative estimate of drug-likeness (QED) is 0.367. The molecule has 1 aromatic carbocycles. The smallest absolute Gasteiger partial charge is 0.276 e. The van der Waals surface area contributed by atoms with Gasteiger partial charge in [0.05, 0.1) is 40.0 Å². The highest BCUT2D eigenvalue weighted by molar-refractivity contribution is 7.91. The Hall–Kier alpha value is -3.50. The fourth-order valence-corrected chi connectivity index (χ4v) is 8.67. The molecule has 8 bridgehead atoms. The molecule has 4 aliphatic rings. The predicted molar refractivity (Wildman–Crippen MR) is 169 cm³/mol. The Morgan fingerprint density at radius 1 is 1.02 bits per heavy atom. The number of anilines is 1. The van der Waals surface area contributed by atoms with Crippen LogP contribution in [-0.2, 0) is 27.7 Å². The van der Waals surface area contributed by atoms with Crippen LogP contribution in [0.5, 0.6) is 0 Å². The van der Waals surface area contributed by atoms with Crippen molar-refractivity contribution in [2.75, 3.05) is 36.5 Å². The number of hydrogen-bond donors (Lipinski definition) is 1. The molecule has 0 unspecified atom stereocenters. The molecule has 9 nitrogen and oxygen atoms in total. The number of nitriles is 1. The van der Waals surface area contributed by atoms with Gasteiger partial charge in [-0.05, 0) is 57.6 Å². The maximum absolute atomic E-state index is 15.8. The largest absolute Gasteiger partial charge is 0.363 e. The number of nitrogens with zero attached hydrogens (tertiary/aromatic N) is 5. The van der Waals surface area contributed by atoms with E-state index < -0.39 is 50.6 Å². The number of halogens is 3. The summed E-state index contributed by atoms with van der Waals surface area (Å²) in [6.07, 6.45) is 4.57. The van der Waals surface area contributed by atoms with E-state index in [1.807, 2.05) is 0 Å². The van der Waals surface area contributed by atoms with Crippen molar-refractivity contribution in [2.24, 2.45) is 5.92 Å². The highest BCUT2D eigenvalue weighted by Gasteiger charge is 2.42. The molecular weight excluding hydrogens is 617 g/mol. The standard InChI is InChI=1S/C33H39F3N6O3S/c1-22-24-7-6-8-26(28(24)34)33(35,36)10-9-23-18-41(19-23)13-4-2-3-5-14-42-30-25(29(40-22)38-21-39-30)17-27(31(42)43)32(20-37)11-15-46(44,45)16-12-32/h6-8,17,21-23H,2-5,9-16,18-19H2,1H3,(H,38,39,40)/t22-/m0/s1. The van der Waals surface area contributed by atoms with Crippen LogP contribution in [0.25, 0.3) is 11.0 Å². The zero-order valence-electron chi connectivity index (χ0n) is 25.9. The van der Waals surface area contributed by atoms with Crippen LogP contribution < -0.4 is 10.9 Å². The van der Waals surface area contributed by atoms with Crippen molar-refractivity contribution in [3.8, 4) is 6.07 Å². The second-order valence-electron chi connectivity index (χ2n) is 13.2. The lowest BCUT2D eigenvalue weighted by Crippen LogP contribution is -2.47. The minimum absolute atomic E-state index is 0.0109. The van der Waals surface area contributed by atoms with Gasteiger partial charge in [0.25, 0.3) is 11.5 Å². The van der Waals surface area contributed by atoms with E-state index in [2.05, 4.69) is 26.3 Å². The lowest BCUT2D eigenvalue weighted by Gasteiger charge is -2.40. The average molecular weight is 657 g/mol. The first-order valence-corrected chi connectivity index (χ1v) is 17.9. The zero-order chi connectivity index (χ0) is 32.7. The molecule has 7 rings (SSSR count). The molecule has 0 saturated carbocycles. The second-order valence-corrected chi connectivity index (χ2v) is 15.5. The Bertz CT molecular complexity index is 1820. The first-order chi connectivity index (χ1) is 21.9. The molecular formula is C33H39F3N6O3S. The van der Waals surface area contributed by atoms with Crippen molar-refractivity contribution in [3.05, 3.63) is 63.5 Å². The third-order valence-corrected chi connectivity index (χ3v) is 11.7. The zero-order valence-corrected chi connectivity index (χ0v) is 26.8. The number of hydrogen-bond acceptors (Lipinski definition) is 8. The van der Waals surface area contributed by atoms with Gasteiger partial charge >= 0.3 is 0 Å². The topological polar surface area (TPSA) is 121 Å². The maximum atomic E-state index is 15.8. The van der Waals surface area contributed by atoms with Gasteiger partial charge in [-0.1, -0.05) is 31.0 Å². The third kappa shape index (κ3) is 6.26. The van der Waals surface area contributed by atoms with Crippen LogP contribution in [0.1, 0.15) is 81.0 Å². The fraction of sp³-hybridized carbons (Fsp3) is 0.576. The van der Waals surface area contributed by atoms with Crippen molar-refractivity contribution in [1.29, 1.82) is 5.26 Å². The van der Waals surface area contributed by atoms with E-state index in [0.717, 1.165) is 45.0 Å². The maximum Gasteiger partial charge on any atom is 0.276 e. The number of alkyl halides is 2. The van der Waals surface area contributed by atoms with E-state index in [4.69, 9.17) is 0 Å². The number of sulfone groups is 1. The Morgan fingerprint density at radius 3 is 2.46 bits per heavy atom. The van der Waals surface area contributed by atoms with E-state index in [1.54, 1.807) is 13.0 Å². The molecule has 6 heterocycles. The average Bonchev–Trinajstić information content (AvgIpc) is 3.00.